The summed E-state index contributed by atoms with van der Waals surface area (Å²) in [5, 5.41) is 13.0. The lowest BCUT2D eigenvalue weighted by molar-refractivity contribution is 0.0557. The highest BCUT2D eigenvalue weighted by molar-refractivity contribution is 5.88. The zero-order valence-electron chi connectivity index (χ0n) is 10.0. The SMILES string of the molecule is Cc1nn(COCc2ccccc2)cc1C(=O)O. The molecule has 0 bridgehead atoms. The van der Waals surface area contributed by atoms with Crippen LogP contribution in [0.15, 0.2) is 36.5 Å². The smallest absolute Gasteiger partial charge is 0.339 e. The second kappa shape index (κ2) is 5.46. The van der Waals surface area contributed by atoms with Gasteiger partial charge in [0.1, 0.15) is 12.3 Å². The molecule has 0 saturated carbocycles. The van der Waals surface area contributed by atoms with Gasteiger partial charge in [0.15, 0.2) is 0 Å². The Labute approximate surface area is 105 Å². The molecule has 94 valence electrons. The number of carboxylic acids is 1. The maximum absolute atomic E-state index is 10.8. The van der Waals surface area contributed by atoms with Crippen molar-refractivity contribution < 1.29 is 14.6 Å². The number of aromatic carboxylic acids is 1. The van der Waals surface area contributed by atoms with E-state index in [4.69, 9.17) is 9.84 Å². The lowest BCUT2D eigenvalue weighted by Gasteiger charge is -2.04. The number of hydrogen-bond donors (Lipinski definition) is 1. The lowest BCUT2D eigenvalue weighted by atomic mass is 10.2. The van der Waals surface area contributed by atoms with Crippen molar-refractivity contribution in [2.45, 2.75) is 20.3 Å². The maximum atomic E-state index is 10.8. The van der Waals surface area contributed by atoms with Gasteiger partial charge in [0.25, 0.3) is 0 Å². The molecule has 18 heavy (non-hydrogen) atoms. The summed E-state index contributed by atoms with van der Waals surface area (Å²) in [5.41, 5.74) is 1.77. The summed E-state index contributed by atoms with van der Waals surface area (Å²) in [6.07, 6.45) is 1.47. The van der Waals surface area contributed by atoms with Crippen molar-refractivity contribution in [1.29, 1.82) is 0 Å². The van der Waals surface area contributed by atoms with Crippen LogP contribution in [0.3, 0.4) is 0 Å². The molecule has 0 saturated heterocycles. The highest BCUT2D eigenvalue weighted by Gasteiger charge is 2.11. The summed E-state index contributed by atoms with van der Waals surface area (Å²) in [7, 11) is 0. The number of aryl methyl sites for hydroxylation is 1. The number of rotatable bonds is 5. The fourth-order valence-corrected chi connectivity index (χ4v) is 1.63. The molecular formula is C13H14N2O3. The third-order valence-corrected chi connectivity index (χ3v) is 2.51. The highest BCUT2D eigenvalue weighted by atomic mass is 16.5. The minimum Gasteiger partial charge on any atom is -0.478 e. The van der Waals surface area contributed by atoms with Gasteiger partial charge in [-0.1, -0.05) is 30.3 Å². The first-order valence-corrected chi connectivity index (χ1v) is 5.56. The number of hydrogen-bond acceptors (Lipinski definition) is 3. The van der Waals surface area contributed by atoms with Crippen molar-refractivity contribution in [2.24, 2.45) is 0 Å². The predicted octanol–water partition coefficient (Wildman–Crippen LogP) is 2.06. The van der Waals surface area contributed by atoms with Crippen LogP contribution in [0.25, 0.3) is 0 Å². The zero-order valence-corrected chi connectivity index (χ0v) is 10.0. The molecule has 1 heterocycles. The van der Waals surface area contributed by atoms with E-state index in [9.17, 15) is 4.79 Å². The number of aromatic nitrogens is 2. The van der Waals surface area contributed by atoms with E-state index in [2.05, 4.69) is 5.10 Å². The molecule has 5 heteroatoms. The second-order valence-electron chi connectivity index (χ2n) is 3.94. The van der Waals surface area contributed by atoms with Gasteiger partial charge in [-0.2, -0.15) is 5.10 Å². The van der Waals surface area contributed by atoms with E-state index in [0.29, 0.717) is 12.3 Å². The Morgan fingerprint density at radius 1 is 1.39 bits per heavy atom. The first kappa shape index (κ1) is 12.3. The molecule has 1 aromatic carbocycles. The molecule has 2 aromatic rings. The first-order chi connectivity index (χ1) is 8.66. The molecule has 0 amide bonds. The fraction of sp³-hybridized carbons (Fsp3) is 0.231. The molecule has 0 unspecified atom stereocenters. The fourth-order valence-electron chi connectivity index (χ4n) is 1.63. The molecule has 5 nitrogen and oxygen atoms in total. The Bertz CT molecular complexity index is 534. The molecular weight excluding hydrogens is 232 g/mol. The van der Waals surface area contributed by atoms with Gasteiger partial charge in [-0.3, -0.25) is 0 Å². The Balaban J connectivity index is 1.91. The molecule has 0 aliphatic rings. The highest BCUT2D eigenvalue weighted by Crippen LogP contribution is 2.06. The Morgan fingerprint density at radius 2 is 2.11 bits per heavy atom. The molecule has 0 aliphatic heterocycles. The molecule has 1 aromatic heterocycles. The van der Waals surface area contributed by atoms with Gasteiger partial charge < -0.3 is 9.84 Å². The van der Waals surface area contributed by atoms with Crippen molar-refractivity contribution in [3.8, 4) is 0 Å². The third-order valence-electron chi connectivity index (χ3n) is 2.51. The van der Waals surface area contributed by atoms with Gasteiger partial charge in [-0.05, 0) is 12.5 Å². The third kappa shape index (κ3) is 2.95. The monoisotopic (exact) mass is 246 g/mol. The van der Waals surface area contributed by atoms with Gasteiger partial charge in [0.2, 0.25) is 0 Å². The van der Waals surface area contributed by atoms with Crippen LogP contribution in [0.5, 0.6) is 0 Å². The van der Waals surface area contributed by atoms with Gasteiger partial charge in [0, 0.05) is 6.20 Å². The summed E-state index contributed by atoms with van der Waals surface area (Å²) in [6, 6.07) is 9.77. The summed E-state index contributed by atoms with van der Waals surface area (Å²) in [4.78, 5) is 10.8. The summed E-state index contributed by atoms with van der Waals surface area (Å²) >= 11 is 0. The van der Waals surface area contributed by atoms with Gasteiger partial charge >= 0.3 is 5.97 Å². The number of benzene rings is 1. The normalized spacial score (nSPS) is 10.5. The average Bonchev–Trinajstić information content (AvgIpc) is 2.72. The number of carbonyl (C=O) groups is 1. The van der Waals surface area contributed by atoms with Crippen LogP contribution in [-0.2, 0) is 18.1 Å². The number of carboxylic acid groups (broad SMARTS) is 1. The van der Waals surface area contributed by atoms with Crippen LogP contribution in [0.1, 0.15) is 21.6 Å². The summed E-state index contributed by atoms with van der Waals surface area (Å²) < 4.78 is 6.95. The largest absolute Gasteiger partial charge is 0.478 e. The van der Waals surface area contributed by atoms with Crippen LogP contribution in [0, 0.1) is 6.92 Å². The van der Waals surface area contributed by atoms with E-state index >= 15 is 0 Å². The van der Waals surface area contributed by atoms with E-state index in [1.165, 1.54) is 10.9 Å². The van der Waals surface area contributed by atoms with E-state index in [-0.39, 0.29) is 12.3 Å². The van der Waals surface area contributed by atoms with E-state index in [1.54, 1.807) is 6.92 Å². The van der Waals surface area contributed by atoms with Crippen LogP contribution in [0.2, 0.25) is 0 Å². The topological polar surface area (TPSA) is 64.4 Å². The van der Waals surface area contributed by atoms with Crippen LogP contribution in [-0.4, -0.2) is 20.9 Å². The summed E-state index contributed by atoms with van der Waals surface area (Å²) in [5.74, 6) is -0.971. The van der Waals surface area contributed by atoms with Crippen molar-refractivity contribution >= 4 is 5.97 Å². The standard InChI is InChI=1S/C13H14N2O3/c1-10-12(13(16)17)7-15(14-10)9-18-8-11-5-3-2-4-6-11/h2-7H,8-9H2,1H3,(H,16,17). The minimum atomic E-state index is -0.971. The predicted molar refractivity (Wildman–Crippen MR) is 65.2 cm³/mol. The quantitative estimate of drug-likeness (QED) is 0.877. The Kier molecular flexibility index (Phi) is 3.74. The van der Waals surface area contributed by atoms with Crippen LogP contribution < -0.4 is 0 Å². The molecule has 0 fully saturated rings. The van der Waals surface area contributed by atoms with E-state index in [1.807, 2.05) is 30.3 Å². The van der Waals surface area contributed by atoms with Gasteiger partial charge in [0.05, 0.1) is 12.3 Å². The second-order valence-corrected chi connectivity index (χ2v) is 3.94. The van der Waals surface area contributed by atoms with Gasteiger partial charge in [-0.25, -0.2) is 9.48 Å². The molecule has 2 rings (SSSR count). The average molecular weight is 246 g/mol. The maximum Gasteiger partial charge on any atom is 0.339 e. The molecule has 0 aliphatic carbocycles. The molecule has 1 N–H and O–H groups in total. The van der Waals surface area contributed by atoms with Crippen molar-refractivity contribution in [3.63, 3.8) is 0 Å². The van der Waals surface area contributed by atoms with Crippen molar-refractivity contribution in [1.82, 2.24) is 9.78 Å². The van der Waals surface area contributed by atoms with E-state index in [0.717, 1.165) is 5.56 Å². The van der Waals surface area contributed by atoms with E-state index < -0.39 is 5.97 Å². The Hall–Kier alpha value is -2.14. The molecule has 0 radical (unpaired) electrons. The molecule has 0 spiro atoms. The van der Waals surface area contributed by atoms with Crippen LogP contribution in [0.4, 0.5) is 0 Å². The number of nitrogens with zero attached hydrogens (tertiary/aromatic N) is 2. The summed E-state index contributed by atoms with van der Waals surface area (Å²) in [6.45, 7) is 2.38. The van der Waals surface area contributed by atoms with Gasteiger partial charge in [-0.15, -0.1) is 0 Å². The van der Waals surface area contributed by atoms with Crippen molar-refractivity contribution in [2.75, 3.05) is 0 Å². The molecule has 0 atom stereocenters. The Morgan fingerprint density at radius 3 is 2.72 bits per heavy atom. The minimum absolute atomic E-state index is 0.207. The number of ether oxygens (including phenoxy) is 1. The van der Waals surface area contributed by atoms with Crippen molar-refractivity contribution in [3.05, 3.63) is 53.3 Å². The first-order valence-electron chi connectivity index (χ1n) is 5.56. The zero-order chi connectivity index (χ0) is 13.0. The lowest BCUT2D eigenvalue weighted by Crippen LogP contribution is -2.03. The van der Waals surface area contributed by atoms with Crippen LogP contribution >= 0.6 is 0 Å².